The summed E-state index contributed by atoms with van der Waals surface area (Å²) in [6, 6.07) is 17.9. The maximum Gasteiger partial charge on any atom is 0.287 e. The highest BCUT2D eigenvalue weighted by Crippen LogP contribution is 2.31. The van der Waals surface area contributed by atoms with Crippen LogP contribution in [0.5, 0.6) is 0 Å². The number of para-hydroxylation sites is 1. The van der Waals surface area contributed by atoms with Crippen LogP contribution in [0.25, 0.3) is 11.0 Å². The fourth-order valence-corrected chi connectivity index (χ4v) is 5.25. The van der Waals surface area contributed by atoms with Gasteiger partial charge in [-0.15, -0.1) is 0 Å². The largest absolute Gasteiger partial charge is 0.451 e. The third-order valence-electron chi connectivity index (χ3n) is 6.19. The number of piperidine rings is 1. The zero-order chi connectivity index (χ0) is 23.2. The highest BCUT2D eigenvalue weighted by Gasteiger charge is 2.21. The molecule has 6 nitrogen and oxygen atoms in total. The molecule has 1 fully saturated rings. The number of benzene rings is 2. The molecular weight excluding hydrogens is 444 g/mol. The molecule has 4 aromatic rings. The van der Waals surface area contributed by atoms with Crippen LogP contribution >= 0.6 is 11.8 Å². The lowest BCUT2D eigenvalue weighted by molar-refractivity contribution is 0.0924. The van der Waals surface area contributed by atoms with Gasteiger partial charge in [0, 0.05) is 42.2 Å². The van der Waals surface area contributed by atoms with Crippen molar-refractivity contribution in [3.05, 3.63) is 89.4 Å². The van der Waals surface area contributed by atoms with Crippen LogP contribution in [0.15, 0.2) is 76.6 Å². The van der Waals surface area contributed by atoms with Crippen molar-refractivity contribution in [1.82, 2.24) is 20.2 Å². The number of likely N-dealkylation sites (tertiary alicyclic amines) is 1. The number of carbonyl (C=O) groups excluding carboxylic acids is 1. The molecule has 1 saturated heterocycles. The molecule has 2 aromatic heterocycles. The van der Waals surface area contributed by atoms with E-state index in [0.29, 0.717) is 28.8 Å². The molecule has 7 heteroatoms. The predicted octanol–water partition coefficient (Wildman–Crippen LogP) is 5.43. The van der Waals surface area contributed by atoms with Crippen molar-refractivity contribution in [2.45, 2.75) is 43.3 Å². The quantitative estimate of drug-likeness (QED) is 0.272. The Bertz CT molecular complexity index is 1250. The Hall–Kier alpha value is -3.16. The molecule has 0 spiro atoms. The smallest absolute Gasteiger partial charge is 0.287 e. The molecule has 34 heavy (non-hydrogen) atoms. The molecule has 174 valence electrons. The first kappa shape index (κ1) is 22.6. The number of aromatic nitrogens is 2. The number of hydrogen-bond donors (Lipinski definition) is 1. The summed E-state index contributed by atoms with van der Waals surface area (Å²) in [5.41, 5.74) is 3.99. The number of fused-ring (bicyclic) bond motifs is 1. The second kappa shape index (κ2) is 10.8. The zero-order valence-corrected chi connectivity index (χ0v) is 19.9. The molecule has 0 atom stereocenters. The number of amides is 1. The summed E-state index contributed by atoms with van der Waals surface area (Å²) in [5.74, 6) is 0.710. The van der Waals surface area contributed by atoms with E-state index in [1.54, 1.807) is 18.5 Å². The number of nitrogens with zero attached hydrogens (tertiary/aromatic N) is 3. The van der Waals surface area contributed by atoms with Gasteiger partial charge < -0.3 is 9.73 Å². The van der Waals surface area contributed by atoms with Crippen LogP contribution in [0, 0.1) is 0 Å². The van der Waals surface area contributed by atoms with Crippen molar-refractivity contribution >= 4 is 28.6 Å². The Kier molecular flexibility index (Phi) is 7.22. The number of nitrogens with one attached hydrogen (secondary N) is 1. The minimum Gasteiger partial charge on any atom is -0.451 e. The van der Waals surface area contributed by atoms with Crippen LogP contribution < -0.4 is 5.32 Å². The highest BCUT2D eigenvalue weighted by molar-refractivity contribution is 7.98. The first-order valence-electron chi connectivity index (χ1n) is 11.8. The van der Waals surface area contributed by atoms with Crippen molar-refractivity contribution < 1.29 is 9.21 Å². The molecular formula is C27H28N4O2S. The van der Waals surface area contributed by atoms with Crippen LogP contribution in [0.1, 0.15) is 46.5 Å². The Morgan fingerprint density at radius 3 is 2.50 bits per heavy atom. The van der Waals surface area contributed by atoms with E-state index < -0.39 is 0 Å². The summed E-state index contributed by atoms with van der Waals surface area (Å²) in [7, 11) is 0. The van der Waals surface area contributed by atoms with Gasteiger partial charge in [-0.1, -0.05) is 60.6 Å². The van der Waals surface area contributed by atoms with Crippen LogP contribution in [0.3, 0.4) is 0 Å². The summed E-state index contributed by atoms with van der Waals surface area (Å²) < 4.78 is 6.02. The summed E-state index contributed by atoms with van der Waals surface area (Å²) >= 11 is 1.49. The van der Waals surface area contributed by atoms with Gasteiger partial charge >= 0.3 is 0 Å². The van der Waals surface area contributed by atoms with Gasteiger partial charge in [-0.3, -0.25) is 9.69 Å². The minimum absolute atomic E-state index is 0.200. The highest BCUT2D eigenvalue weighted by atomic mass is 32.2. The van der Waals surface area contributed by atoms with Crippen LogP contribution in [-0.2, 0) is 18.8 Å². The molecule has 5 rings (SSSR count). The number of rotatable bonds is 8. The van der Waals surface area contributed by atoms with Crippen molar-refractivity contribution in [3.63, 3.8) is 0 Å². The zero-order valence-electron chi connectivity index (χ0n) is 19.1. The van der Waals surface area contributed by atoms with E-state index in [0.717, 1.165) is 36.1 Å². The maximum absolute atomic E-state index is 13.3. The van der Waals surface area contributed by atoms with Gasteiger partial charge in [0.1, 0.15) is 5.58 Å². The van der Waals surface area contributed by atoms with E-state index in [-0.39, 0.29) is 5.91 Å². The van der Waals surface area contributed by atoms with Gasteiger partial charge in [-0.2, -0.15) is 0 Å². The fourth-order valence-electron chi connectivity index (χ4n) is 4.42. The molecule has 1 aliphatic rings. The summed E-state index contributed by atoms with van der Waals surface area (Å²) in [6.45, 7) is 3.68. The Morgan fingerprint density at radius 1 is 0.941 bits per heavy atom. The second-order valence-corrected chi connectivity index (χ2v) is 9.46. The van der Waals surface area contributed by atoms with E-state index in [2.05, 4.69) is 38.4 Å². The Morgan fingerprint density at radius 2 is 1.68 bits per heavy atom. The summed E-state index contributed by atoms with van der Waals surface area (Å²) in [4.78, 5) is 24.3. The van der Waals surface area contributed by atoms with E-state index in [1.165, 1.54) is 36.6 Å². The Labute approximate surface area is 203 Å². The molecule has 3 heterocycles. The first-order chi connectivity index (χ1) is 16.8. The van der Waals surface area contributed by atoms with Gasteiger partial charge in [-0.05, 0) is 49.2 Å². The predicted molar refractivity (Wildman–Crippen MR) is 135 cm³/mol. The Balaban J connectivity index is 1.32. The lowest BCUT2D eigenvalue weighted by atomic mass is 10.0. The monoisotopic (exact) mass is 472 g/mol. The summed E-state index contributed by atoms with van der Waals surface area (Å²) in [6.07, 6.45) is 7.29. The van der Waals surface area contributed by atoms with Crippen molar-refractivity contribution in [1.29, 1.82) is 0 Å². The molecule has 0 radical (unpaired) electrons. The van der Waals surface area contributed by atoms with Gasteiger partial charge in [-0.25, -0.2) is 9.97 Å². The van der Waals surface area contributed by atoms with Crippen LogP contribution in [0.4, 0.5) is 0 Å². The fraction of sp³-hybridized carbons (Fsp3) is 0.296. The third kappa shape index (κ3) is 5.32. The molecule has 0 saturated carbocycles. The molecule has 2 aromatic carbocycles. The first-order valence-corrected chi connectivity index (χ1v) is 12.7. The van der Waals surface area contributed by atoms with Gasteiger partial charge in [0.2, 0.25) is 0 Å². The van der Waals surface area contributed by atoms with Crippen molar-refractivity contribution in [2.24, 2.45) is 0 Å². The third-order valence-corrected chi connectivity index (χ3v) is 7.09. The number of furan rings is 1. The lowest BCUT2D eigenvalue weighted by Crippen LogP contribution is -2.30. The maximum atomic E-state index is 13.3. The number of thioether (sulfide) groups is 1. The minimum atomic E-state index is -0.200. The normalized spacial score (nSPS) is 14.4. The van der Waals surface area contributed by atoms with Gasteiger partial charge in [0.15, 0.2) is 10.9 Å². The van der Waals surface area contributed by atoms with Gasteiger partial charge in [0.05, 0.1) is 0 Å². The molecule has 0 unspecified atom stereocenters. The molecule has 0 bridgehead atoms. The van der Waals surface area contributed by atoms with Crippen LogP contribution in [0.2, 0.25) is 0 Å². The van der Waals surface area contributed by atoms with E-state index in [4.69, 9.17) is 4.42 Å². The standard InChI is InChI=1S/C27H28N4O2S/c32-26(30-17-20-9-2-3-10-21(20)18-31-15-6-1-7-16-31)25-23(19-34-27-28-13-8-14-29-27)22-11-4-5-12-24(22)33-25/h2-5,8-14H,1,6-7,15-19H2,(H,30,32). The number of carbonyl (C=O) groups is 1. The van der Waals surface area contributed by atoms with Gasteiger partial charge in [0.25, 0.3) is 5.91 Å². The van der Waals surface area contributed by atoms with E-state index in [9.17, 15) is 4.79 Å². The molecule has 0 aliphatic carbocycles. The average molecular weight is 473 g/mol. The molecule has 1 aliphatic heterocycles. The second-order valence-electron chi connectivity index (χ2n) is 8.51. The topological polar surface area (TPSA) is 71.3 Å². The van der Waals surface area contributed by atoms with Crippen LogP contribution in [-0.4, -0.2) is 33.9 Å². The van der Waals surface area contributed by atoms with Crippen molar-refractivity contribution in [3.8, 4) is 0 Å². The molecule has 1 amide bonds. The SMILES string of the molecule is O=C(NCc1ccccc1CN1CCCCC1)c1oc2ccccc2c1CSc1ncccn1. The van der Waals surface area contributed by atoms with Crippen molar-refractivity contribution in [2.75, 3.05) is 13.1 Å². The van der Waals surface area contributed by atoms with E-state index in [1.807, 2.05) is 30.3 Å². The average Bonchev–Trinajstić information content (AvgIpc) is 3.27. The molecule has 1 N–H and O–H groups in total. The summed E-state index contributed by atoms with van der Waals surface area (Å²) in [5, 5.41) is 4.72. The lowest BCUT2D eigenvalue weighted by Gasteiger charge is -2.27. The van der Waals surface area contributed by atoms with E-state index >= 15 is 0 Å². The number of hydrogen-bond acceptors (Lipinski definition) is 6.